The Morgan fingerprint density at radius 3 is 1.80 bits per heavy atom. The van der Waals surface area contributed by atoms with Crippen molar-refractivity contribution in [3.63, 3.8) is 0 Å². The summed E-state index contributed by atoms with van der Waals surface area (Å²) in [6.07, 6.45) is 0.847. The molecular formula is C32H40N6O2. The molecule has 0 amide bonds. The van der Waals surface area contributed by atoms with Crippen molar-refractivity contribution in [1.82, 2.24) is 14.7 Å². The summed E-state index contributed by atoms with van der Waals surface area (Å²) < 4.78 is 0. The highest BCUT2D eigenvalue weighted by atomic mass is 16.3. The smallest absolute Gasteiger partial charge is 0.0920 e. The lowest BCUT2D eigenvalue weighted by Gasteiger charge is -2.41. The van der Waals surface area contributed by atoms with Crippen LogP contribution in [-0.4, -0.2) is 83.4 Å². The van der Waals surface area contributed by atoms with Crippen LogP contribution in [0.5, 0.6) is 0 Å². The van der Waals surface area contributed by atoms with Gasteiger partial charge in [-0.3, -0.25) is 9.80 Å². The third-order valence-corrected chi connectivity index (χ3v) is 8.43. The van der Waals surface area contributed by atoms with E-state index in [1.165, 1.54) is 11.1 Å². The summed E-state index contributed by atoms with van der Waals surface area (Å²) >= 11 is 0. The lowest BCUT2D eigenvalue weighted by Crippen LogP contribution is -2.51. The largest absolute Gasteiger partial charge is 0.390 e. The van der Waals surface area contributed by atoms with E-state index in [-0.39, 0.29) is 6.04 Å². The van der Waals surface area contributed by atoms with Crippen molar-refractivity contribution in [2.75, 3.05) is 52.4 Å². The second kappa shape index (κ2) is 13.4. The van der Waals surface area contributed by atoms with E-state index in [9.17, 15) is 10.2 Å². The highest BCUT2D eigenvalue weighted by Gasteiger charge is 2.35. The van der Waals surface area contributed by atoms with Crippen LogP contribution in [0.3, 0.4) is 0 Å². The second-order valence-corrected chi connectivity index (χ2v) is 11.1. The quantitative estimate of drug-likeness (QED) is 0.223. The summed E-state index contributed by atoms with van der Waals surface area (Å²) in [5, 5.41) is 25.8. The van der Waals surface area contributed by atoms with E-state index in [0.717, 1.165) is 50.4 Å². The molecule has 2 saturated heterocycles. The first-order valence-electron chi connectivity index (χ1n) is 14.3. The fourth-order valence-electron chi connectivity index (χ4n) is 6.17. The van der Waals surface area contributed by atoms with Crippen molar-refractivity contribution in [3.8, 4) is 0 Å². The normalized spacial score (nSPS) is 19.3. The summed E-state index contributed by atoms with van der Waals surface area (Å²) in [6.45, 7) is 6.89. The van der Waals surface area contributed by atoms with Crippen molar-refractivity contribution < 1.29 is 10.2 Å². The standard InChI is InChI=1S/C32H40N6O2/c33-35-34-23-26-11-13-29(14-12-26)32(40)15-17-36(18-16-32)24-30(39)25-37-19-21-38(22-20-37)31(27-7-3-1-4-8-27)28-9-5-2-6-10-28/h1-14,30-31,39-40H,15-25H2. The van der Waals surface area contributed by atoms with E-state index in [2.05, 4.69) is 85.4 Å². The third-order valence-electron chi connectivity index (χ3n) is 8.43. The van der Waals surface area contributed by atoms with E-state index in [0.29, 0.717) is 32.5 Å². The molecule has 2 aliphatic rings. The summed E-state index contributed by atoms with van der Waals surface area (Å²) in [7, 11) is 0. The van der Waals surface area contributed by atoms with Gasteiger partial charge in [0.2, 0.25) is 0 Å². The van der Waals surface area contributed by atoms with Gasteiger partial charge >= 0.3 is 0 Å². The lowest BCUT2D eigenvalue weighted by molar-refractivity contribution is -0.0376. The minimum atomic E-state index is -0.858. The van der Waals surface area contributed by atoms with Gasteiger partial charge in [0.25, 0.3) is 0 Å². The molecule has 5 rings (SSSR count). The van der Waals surface area contributed by atoms with Gasteiger partial charge in [-0.1, -0.05) is 90.0 Å². The average Bonchev–Trinajstić information content (AvgIpc) is 3.00. The van der Waals surface area contributed by atoms with Crippen molar-refractivity contribution in [3.05, 3.63) is 118 Å². The van der Waals surface area contributed by atoms with E-state index in [1.807, 2.05) is 24.3 Å². The minimum absolute atomic E-state index is 0.240. The first-order valence-corrected chi connectivity index (χ1v) is 14.3. The maximum absolute atomic E-state index is 11.3. The predicted molar refractivity (Wildman–Crippen MR) is 158 cm³/mol. The van der Waals surface area contributed by atoms with Gasteiger partial charge < -0.3 is 15.1 Å². The van der Waals surface area contributed by atoms with Gasteiger partial charge in [-0.25, -0.2) is 0 Å². The van der Waals surface area contributed by atoms with Crippen LogP contribution in [0, 0.1) is 0 Å². The Bertz CT molecular complexity index is 1190. The molecule has 210 valence electrons. The van der Waals surface area contributed by atoms with Gasteiger partial charge in [0.05, 0.1) is 24.3 Å². The average molecular weight is 541 g/mol. The number of azide groups is 1. The number of piperidine rings is 1. The van der Waals surface area contributed by atoms with Crippen LogP contribution in [0.4, 0.5) is 0 Å². The summed E-state index contributed by atoms with van der Waals surface area (Å²) in [5.41, 5.74) is 12.1. The number of hydrogen-bond acceptors (Lipinski definition) is 6. The number of hydrogen-bond donors (Lipinski definition) is 2. The fraction of sp³-hybridized carbons (Fsp3) is 0.438. The molecule has 8 heteroatoms. The molecule has 2 N–H and O–H groups in total. The molecule has 1 unspecified atom stereocenters. The molecule has 0 spiro atoms. The number of aliphatic hydroxyl groups is 2. The molecule has 0 radical (unpaired) electrons. The van der Waals surface area contributed by atoms with Gasteiger partial charge in [-0.05, 0) is 40.6 Å². The van der Waals surface area contributed by atoms with Gasteiger partial charge in [0.15, 0.2) is 0 Å². The maximum Gasteiger partial charge on any atom is 0.0920 e. The molecular weight excluding hydrogens is 500 g/mol. The van der Waals surface area contributed by atoms with Crippen molar-refractivity contribution in [1.29, 1.82) is 0 Å². The highest BCUT2D eigenvalue weighted by Crippen LogP contribution is 2.33. The Morgan fingerprint density at radius 2 is 1.27 bits per heavy atom. The molecule has 8 nitrogen and oxygen atoms in total. The topological polar surface area (TPSA) is 98.9 Å². The van der Waals surface area contributed by atoms with Gasteiger partial charge in [-0.2, -0.15) is 0 Å². The van der Waals surface area contributed by atoms with Crippen molar-refractivity contribution in [2.24, 2.45) is 5.11 Å². The monoisotopic (exact) mass is 540 g/mol. The first-order chi connectivity index (χ1) is 19.5. The number of rotatable bonds is 10. The number of benzene rings is 3. The van der Waals surface area contributed by atoms with Crippen LogP contribution in [0.2, 0.25) is 0 Å². The predicted octanol–water partition coefficient (Wildman–Crippen LogP) is 4.55. The van der Waals surface area contributed by atoms with E-state index < -0.39 is 11.7 Å². The molecule has 1 atom stereocenters. The zero-order valence-corrected chi connectivity index (χ0v) is 23.1. The lowest BCUT2D eigenvalue weighted by atomic mass is 9.84. The Balaban J connectivity index is 1.09. The Morgan fingerprint density at radius 1 is 0.750 bits per heavy atom. The van der Waals surface area contributed by atoms with Crippen molar-refractivity contribution in [2.45, 2.75) is 37.1 Å². The van der Waals surface area contributed by atoms with E-state index >= 15 is 0 Å². The van der Waals surface area contributed by atoms with Crippen LogP contribution < -0.4 is 0 Å². The molecule has 2 fully saturated rings. The Labute approximate surface area is 237 Å². The maximum atomic E-state index is 11.3. The van der Waals surface area contributed by atoms with Crippen LogP contribution in [0.25, 0.3) is 10.4 Å². The molecule has 0 aromatic heterocycles. The molecule has 2 aliphatic heterocycles. The molecule has 3 aromatic carbocycles. The minimum Gasteiger partial charge on any atom is -0.390 e. The molecule has 40 heavy (non-hydrogen) atoms. The number of nitrogens with zero attached hydrogens (tertiary/aromatic N) is 6. The number of aliphatic hydroxyl groups excluding tert-OH is 1. The summed E-state index contributed by atoms with van der Waals surface area (Å²) in [6, 6.07) is 29.4. The van der Waals surface area contributed by atoms with Gasteiger partial charge in [0, 0.05) is 57.3 Å². The zero-order valence-electron chi connectivity index (χ0n) is 23.1. The zero-order chi connectivity index (χ0) is 27.8. The van der Waals surface area contributed by atoms with E-state index in [1.54, 1.807) is 0 Å². The first kappa shape index (κ1) is 28.3. The molecule has 0 bridgehead atoms. The highest BCUT2D eigenvalue weighted by molar-refractivity contribution is 5.32. The number of β-amino-alcohol motifs (C(OH)–C–C–N with tert-alkyl or cyclic N) is 1. The summed E-state index contributed by atoms with van der Waals surface area (Å²) in [4.78, 5) is 10.0. The Kier molecular flexibility index (Phi) is 9.49. The van der Waals surface area contributed by atoms with Crippen molar-refractivity contribution >= 4 is 0 Å². The van der Waals surface area contributed by atoms with Crippen LogP contribution in [-0.2, 0) is 12.1 Å². The van der Waals surface area contributed by atoms with Crippen LogP contribution in [0.1, 0.15) is 41.1 Å². The SMILES string of the molecule is [N-]=[N+]=NCc1ccc(C2(O)CCN(CC(O)CN3CCN(C(c4ccccc4)c4ccccc4)CC3)CC2)cc1. The third kappa shape index (κ3) is 7.09. The molecule has 0 aliphatic carbocycles. The second-order valence-electron chi connectivity index (χ2n) is 11.1. The number of likely N-dealkylation sites (tertiary alicyclic amines) is 1. The fourth-order valence-corrected chi connectivity index (χ4v) is 6.17. The number of piperazine rings is 1. The summed E-state index contributed by atoms with van der Waals surface area (Å²) in [5.74, 6) is 0. The van der Waals surface area contributed by atoms with Crippen LogP contribution in [0.15, 0.2) is 90.0 Å². The van der Waals surface area contributed by atoms with Gasteiger partial charge in [-0.15, -0.1) is 0 Å². The molecule has 2 heterocycles. The van der Waals surface area contributed by atoms with Crippen LogP contribution >= 0.6 is 0 Å². The van der Waals surface area contributed by atoms with Gasteiger partial charge in [0.1, 0.15) is 0 Å². The molecule has 0 saturated carbocycles. The van der Waals surface area contributed by atoms with E-state index in [4.69, 9.17) is 5.53 Å². The molecule has 3 aromatic rings. The Hall–Kier alpha value is -3.23.